The van der Waals surface area contributed by atoms with E-state index in [4.69, 9.17) is 5.11 Å². The number of hydrogen-bond acceptors (Lipinski definition) is 4. The van der Waals surface area contributed by atoms with Crippen LogP contribution in [0.4, 0.5) is 23.2 Å². The van der Waals surface area contributed by atoms with E-state index in [1.54, 1.807) is 24.8 Å². The van der Waals surface area contributed by atoms with Crippen LogP contribution in [-0.2, 0) is 27.4 Å². The summed E-state index contributed by atoms with van der Waals surface area (Å²) in [6, 6.07) is 6.50. The van der Waals surface area contributed by atoms with Gasteiger partial charge in [0.2, 0.25) is 10.0 Å². The lowest BCUT2D eigenvalue weighted by Crippen LogP contribution is -2.54. The number of aliphatic carboxylic acids is 1. The zero-order valence-electron chi connectivity index (χ0n) is 17.4. The van der Waals surface area contributed by atoms with Crippen LogP contribution < -0.4 is 4.90 Å². The molecule has 0 bridgehead atoms. The smallest absolute Gasteiger partial charge is 0.419 e. The van der Waals surface area contributed by atoms with E-state index in [-0.39, 0.29) is 36.6 Å². The van der Waals surface area contributed by atoms with Crippen molar-refractivity contribution in [3.8, 4) is 0 Å². The third-order valence-corrected chi connectivity index (χ3v) is 7.25. The molecule has 1 N–H and O–H groups in total. The van der Waals surface area contributed by atoms with Crippen molar-refractivity contribution < 1.29 is 35.9 Å². The highest BCUT2D eigenvalue weighted by Gasteiger charge is 2.36. The number of piperazine rings is 1. The van der Waals surface area contributed by atoms with Crippen molar-refractivity contribution in [1.29, 1.82) is 0 Å². The largest absolute Gasteiger partial charge is 0.481 e. The fourth-order valence-corrected chi connectivity index (χ4v) is 5.62. The van der Waals surface area contributed by atoms with Gasteiger partial charge in [0, 0.05) is 31.4 Å². The Labute approximate surface area is 183 Å². The second-order valence-corrected chi connectivity index (χ2v) is 9.69. The number of halogens is 4. The van der Waals surface area contributed by atoms with Crippen LogP contribution in [0.1, 0.15) is 23.6 Å². The molecule has 1 aliphatic rings. The summed E-state index contributed by atoms with van der Waals surface area (Å²) in [5, 5.41) is 9.01. The molecule has 11 heteroatoms. The predicted molar refractivity (Wildman–Crippen MR) is 109 cm³/mol. The quantitative estimate of drug-likeness (QED) is 0.669. The standard InChI is InChI=1S/C21H22F4N2O4S/c1-13-7-15(10-20(28)29)9-17(8-13)32(30,31)27-6-5-26(12-14(27)2)16-3-4-18(19(22)11-16)21(23,24)25/h3-4,7-9,11,14H,5-6,10,12H2,1-2H3,(H,28,29)/t14-/m0/s1. The van der Waals surface area contributed by atoms with Gasteiger partial charge < -0.3 is 10.0 Å². The van der Waals surface area contributed by atoms with Gasteiger partial charge in [-0.15, -0.1) is 0 Å². The molecule has 3 rings (SSSR count). The molecule has 1 aliphatic heterocycles. The van der Waals surface area contributed by atoms with Crippen LogP contribution in [0.3, 0.4) is 0 Å². The van der Waals surface area contributed by atoms with Crippen molar-refractivity contribution in [3.63, 3.8) is 0 Å². The topological polar surface area (TPSA) is 77.9 Å². The van der Waals surface area contributed by atoms with Gasteiger partial charge in [-0.3, -0.25) is 4.79 Å². The molecule has 1 heterocycles. The van der Waals surface area contributed by atoms with E-state index in [2.05, 4.69) is 0 Å². The van der Waals surface area contributed by atoms with Gasteiger partial charge >= 0.3 is 12.1 Å². The first kappa shape index (κ1) is 24.0. The SMILES string of the molecule is Cc1cc(CC(=O)O)cc(S(=O)(=O)N2CCN(c3ccc(C(F)(F)F)c(F)c3)C[C@@H]2C)c1. The number of aryl methyl sites for hydroxylation is 1. The second-order valence-electron chi connectivity index (χ2n) is 7.80. The van der Waals surface area contributed by atoms with Crippen molar-refractivity contribution in [2.45, 2.75) is 37.4 Å². The third kappa shape index (κ3) is 5.04. The molecule has 0 amide bonds. The highest BCUT2D eigenvalue weighted by atomic mass is 32.2. The molecular formula is C21H22F4N2O4S. The number of rotatable bonds is 5. The van der Waals surface area contributed by atoms with E-state index < -0.39 is 39.6 Å². The molecule has 2 aromatic carbocycles. The lowest BCUT2D eigenvalue weighted by Gasteiger charge is -2.40. The van der Waals surface area contributed by atoms with Crippen LogP contribution in [-0.4, -0.2) is 49.5 Å². The van der Waals surface area contributed by atoms with Gasteiger partial charge in [0.1, 0.15) is 5.82 Å². The molecule has 1 saturated heterocycles. The summed E-state index contributed by atoms with van der Waals surface area (Å²) in [4.78, 5) is 12.6. The Balaban J connectivity index is 1.82. The van der Waals surface area contributed by atoms with Gasteiger partial charge in [0.05, 0.1) is 16.9 Å². The first-order valence-corrected chi connectivity index (χ1v) is 11.2. The predicted octanol–water partition coefficient (Wildman–Crippen LogP) is 3.68. The Hall–Kier alpha value is -2.66. The molecule has 0 spiro atoms. The minimum absolute atomic E-state index is 0.0189. The number of carboxylic acids is 1. The lowest BCUT2D eigenvalue weighted by atomic mass is 10.1. The van der Waals surface area contributed by atoms with Crippen molar-refractivity contribution in [2.24, 2.45) is 0 Å². The number of carboxylic acid groups (broad SMARTS) is 1. The van der Waals surface area contributed by atoms with E-state index in [0.717, 1.165) is 6.07 Å². The van der Waals surface area contributed by atoms with E-state index in [9.17, 15) is 30.8 Å². The van der Waals surface area contributed by atoms with E-state index in [0.29, 0.717) is 17.2 Å². The maximum Gasteiger partial charge on any atom is 0.419 e. The van der Waals surface area contributed by atoms with Gasteiger partial charge in [-0.1, -0.05) is 6.07 Å². The Morgan fingerprint density at radius 2 is 1.84 bits per heavy atom. The third-order valence-electron chi connectivity index (χ3n) is 5.26. The van der Waals surface area contributed by atoms with E-state index in [1.807, 2.05) is 0 Å². The maximum atomic E-state index is 14.0. The summed E-state index contributed by atoms with van der Waals surface area (Å²) in [6.07, 6.45) is -5.11. The normalized spacial score (nSPS) is 18.1. The average molecular weight is 474 g/mol. The molecular weight excluding hydrogens is 452 g/mol. The number of nitrogens with zero attached hydrogens (tertiary/aromatic N) is 2. The molecule has 6 nitrogen and oxygen atoms in total. The van der Waals surface area contributed by atoms with Crippen molar-refractivity contribution in [1.82, 2.24) is 4.31 Å². The first-order valence-electron chi connectivity index (χ1n) is 9.75. The Bertz CT molecular complexity index is 1140. The number of benzene rings is 2. The number of hydrogen-bond donors (Lipinski definition) is 1. The molecule has 1 atom stereocenters. The lowest BCUT2D eigenvalue weighted by molar-refractivity contribution is -0.140. The minimum Gasteiger partial charge on any atom is -0.481 e. The summed E-state index contributed by atoms with van der Waals surface area (Å²) in [5.41, 5.74) is -0.151. The van der Waals surface area contributed by atoms with Crippen LogP contribution >= 0.6 is 0 Å². The van der Waals surface area contributed by atoms with Gasteiger partial charge in [-0.2, -0.15) is 17.5 Å². The Kier molecular flexibility index (Phi) is 6.52. The van der Waals surface area contributed by atoms with Crippen LogP contribution in [0.25, 0.3) is 0 Å². The molecule has 0 unspecified atom stereocenters. The van der Waals surface area contributed by atoms with Crippen molar-refractivity contribution in [3.05, 3.63) is 58.9 Å². The van der Waals surface area contributed by atoms with Gasteiger partial charge in [-0.05, 0) is 55.3 Å². The number of anilines is 1. The number of alkyl halides is 3. The molecule has 0 aliphatic carbocycles. The molecule has 174 valence electrons. The van der Waals surface area contributed by atoms with Crippen LogP contribution in [0.5, 0.6) is 0 Å². The Morgan fingerprint density at radius 1 is 1.16 bits per heavy atom. The van der Waals surface area contributed by atoms with Gasteiger partial charge in [-0.25, -0.2) is 12.8 Å². The van der Waals surface area contributed by atoms with Gasteiger partial charge in [0.15, 0.2) is 0 Å². The molecule has 32 heavy (non-hydrogen) atoms. The summed E-state index contributed by atoms with van der Waals surface area (Å²) in [6.45, 7) is 3.66. The summed E-state index contributed by atoms with van der Waals surface area (Å²) < 4.78 is 80.0. The van der Waals surface area contributed by atoms with Crippen LogP contribution in [0, 0.1) is 12.7 Å². The summed E-state index contributed by atoms with van der Waals surface area (Å²) in [7, 11) is -3.94. The fourth-order valence-electron chi connectivity index (χ4n) is 3.85. The highest BCUT2D eigenvalue weighted by Crippen LogP contribution is 2.34. The summed E-state index contributed by atoms with van der Waals surface area (Å²) in [5.74, 6) is -2.46. The van der Waals surface area contributed by atoms with E-state index >= 15 is 0 Å². The highest BCUT2D eigenvalue weighted by molar-refractivity contribution is 7.89. The second kappa shape index (κ2) is 8.70. The maximum absolute atomic E-state index is 14.0. The summed E-state index contributed by atoms with van der Waals surface area (Å²) >= 11 is 0. The molecule has 1 fully saturated rings. The monoisotopic (exact) mass is 474 g/mol. The van der Waals surface area contributed by atoms with Crippen molar-refractivity contribution >= 4 is 21.7 Å². The van der Waals surface area contributed by atoms with E-state index in [1.165, 1.54) is 22.5 Å². The molecule has 0 aromatic heterocycles. The van der Waals surface area contributed by atoms with Crippen molar-refractivity contribution in [2.75, 3.05) is 24.5 Å². The Morgan fingerprint density at radius 3 is 2.41 bits per heavy atom. The zero-order valence-corrected chi connectivity index (χ0v) is 18.2. The molecule has 0 radical (unpaired) electrons. The molecule has 2 aromatic rings. The van der Waals surface area contributed by atoms with Crippen LogP contribution in [0.15, 0.2) is 41.3 Å². The van der Waals surface area contributed by atoms with Crippen LogP contribution in [0.2, 0.25) is 0 Å². The number of sulfonamides is 1. The fraction of sp³-hybridized carbons (Fsp3) is 0.381. The average Bonchev–Trinajstić information content (AvgIpc) is 2.65. The number of carbonyl (C=O) groups is 1. The minimum atomic E-state index is -4.80. The molecule has 0 saturated carbocycles. The zero-order chi connectivity index (χ0) is 23.8. The first-order chi connectivity index (χ1) is 14.8. The van der Waals surface area contributed by atoms with Gasteiger partial charge in [0.25, 0.3) is 0 Å².